The van der Waals surface area contributed by atoms with Crippen molar-refractivity contribution < 1.29 is 19.4 Å². The monoisotopic (exact) mass is 258 g/mol. The number of methoxy groups -OCH3 is 1. The summed E-state index contributed by atoms with van der Waals surface area (Å²) in [6.07, 6.45) is 0.633. The highest BCUT2D eigenvalue weighted by Gasteiger charge is 2.18. The van der Waals surface area contributed by atoms with Crippen LogP contribution in [-0.2, 0) is 0 Å². The Morgan fingerprint density at radius 1 is 1.47 bits per heavy atom. The summed E-state index contributed by atoms with van der Waals surface area (Å²) >= 11 is 5.83. The van der Waals surface area contributed by atoms with E-state index in [1.54, 1.807) is 19.9 Å². The second-order valence-electron chi connectivity index (χ2n) is 4.25. The molecular formula is C12H15ClO4. The van der Waals surface area contributed by atoms with Crippen molar-refractivity contribution in [3.8, 4) is 11.5 Å². The number of carbonyl (C=O) groups is 1. The van der Waals surface area contributed by atoms with Gasteiger partial charge in [0.1, 0.15) is 6.61 Å². The first-order valence-corrected chi connectivity index (χ1v) is 5.43. The summed E-state index contributed by atoms with van der Waals surface area (Å²) in [5.41, 5.74) is -0.705. The van der Waals surface area contributed by atoms with E-state index in [1.165, 1.54) is 13.2 Å². The molecule has 94 valence electrons. The minimum atomic E-state index is -0.995. The van der Waals surface area contributed by atoms with E-state index >= 15 is 0 Å². The number of carbonyl (C=O) groups excluding carboxylic acids is 1. The standard InChI is InChI=1S/C12H15ClO4/c1-12(2,15)7-17-11-8(6-14)4-9(13)5-10(11)16-3/h4-6,15H,7H2,1-3H3. The fraction of sp³-hybridized carbons (Fsp3) is 0.417. The molecule has 0 aliphatic rings. The fourth-order valence-electron chi connectivity index (χ4n) is 1.23. The lowest BCUT2D eigenvalue weighted by Gasteiger charge is -2.20. The second-order valence-corrected chi connectivity index (χ2v) is 4.68. The van der Waals surface area contributed by atoms with Gasteiger partial charge in [0.15, 0.2) is 17.8 Å². The van der Waals surface area contributed by atoms with Gasteiger partial charge in [-0.15, -0.1) is 0 Å². The number of hydrogen-bond acceptors (Lipinski definition) is 4. The Balaban J connectivity index is 3.07. The van der Waals surface area contributed by atoms with Gasteiger partial charge < -0.3 is 14.6 Å². The smallest absolute Gasteiger partial charge is 0.171 e. The zero-order valence-electron chi connectivity index (χ0n) is 9.99. The largest absolute Gasteiger partial charge is 0.493 e. The first-order valence-electron chi connectivity index (χ1n) is 5.05. The number of rotatable bonds is 5. The second kappa shape index (κ2) is 5.38. The number of aldehydes is 1. The lowest BCUT2D eigenvalue weighted by molar-refractivity contribution is 0.0273. The van der Waals surface area contributed by atoms with Crippen LogP contribution < -0.4 is 9.47 Å². The summed E-state index contributed by atoms with van der Waals surface area (Å²) in [6, 6.07) is 3.03. The van der Waals surface area contributed by atoms with Gasteiger partial charge in [-0.2, -0.15) is 0 Å². The van der Waals surface area contributed by atoms with Crippen LogP contribution in [0.15, 0.2) is 12.1 Å². The average molecular weight is 259 g/mol. The minimum absolute atomic E-state index is 0.0475. The zero-order chi connectivity index (χ0) is 13.1. The number of halogens is 1. The number of hydrogen-bond donors (Lipinski definition) is 1. The van der Waals surface area contributed by atoms with Gasteiger partial charge >= 0.3 is 0 Å². The summed E-state index contributed by atoms with van der Waals surface area (Å²) < 4.78 is 10.5. The number of ether oxygens (including phenoxy) is 2. The van der Waals surface area contributed by atoms with Crippen LogP contribution in [0.5, 0.6) is 11.5 Å². The third kappa shape index (κ3) is 3.91. The van der Waals surface area contributed by atoms with Crippen molar-refractivity contribution in [1.82, 2.24) is 0 Å². The van der Waals surface area contributed by atoms with E-state index in [4.69, 9.17) is 21.1 Å². The predicted octanol–water partition coefficient (Wildman–Crippen LogP) is 2.31. The van der Waals surface area contributed by atoms with Gasteiger partial charge in [0, 0.05) is 11.1 Å². The molecule has 0 bridgehead atoms. The van der Waals surface area contributed by atoms with Crippen molar-refractivity contribution in [2.45, 2.75) is 19.4 Å². The van der Waals surface area contributed by atoms with E-state index in [1.807, 2.05) is 0 Å². The first kappa shape index (κ1) is 13.8. The van der Waals surface area contributed by atoms with E-state index in [-0.39, 0.29) is 12.4 Å². The Morgan fingerprint density at radius 2 is 2.12 bits per heavy atom. The molecule has 0 unspecified atom stereocenters. The van der Waals surface area contributed by atoms with Crippen molar-refractivity contribution in [3.63, 3.8) is 0 Å². The molecule has 17 heavy (non-hydrogen) atoms. The molecule has 5 heteroatoms. The van der Waals surface area contributed by atoms with Crippen LogP contribution >= 0.6 is 11.6 Å². The molecule has 1 aromatic rings. The molecule has 0 atom stereocenters. The van der Waals surface area contributed by atoms with Crippen LogP contribution in [0.2, 0.25) is 5.02 Å². The zero-order valence-corrected chi connectivity index (χ0v) is 10.7. The quantitative estimate of drug-likeness (QED) is 0.824. The molecule has 0 amide bonds. The van der Waals surface area contributed by atoms with E-state index in [0.29, 0.717) is 22.6 Å². The molecule has 0 radical (unpaired) electrons. The van der Waals surface area contributed by atoms with E-state index in [0.717, 1.165) is 0 Å². The normalized spacial score (nSPS) is 11.1. The third-order valence-corrected chi connectivity index (χ3v) is 2.18. The molecule has 0 aliphatic heterocycles. The Labute approximate surface area is 105 Å². The van der Waals surface area contributed by atoms with Crippen molar-refractivity contribution in [2.24, 2.45) is 0 Å². The van der Waals surface area contributed by atoms with Gasteiger partial charge in [0.05, 0.1) is 18.3 Å². The maximum atomic E-state index is 10.9. The molecule has 1 N–H and O–H groups in total. The molecule has 0 saturated heterocycles. The Kier molecular flexibility index (Phi) is 4.37. The molecule has 0 heterocycles. The Bertz CT molecular complexity index is 410. The summed E-state index contributed by atoms with van der Waals surface area (Å²) in [7, 11) is 1.46. The van der Waals surface area contributed by atoms with Gasteiger partial charge in [-0.05, 0) is 19.9 Å². The molecule has 4 nitrogen and oxygen atoms in total. The first-order chi connectivity index (χ1) is 7.87. The molecule has 0 saturated carbocycles. The average Bonchev–Trinajstić information content (AvgIpc) is 2.24. The molecule has 0 spiro atoms. The Morgan fingerprint density at radius 3 is 2.59 bits per heavy atom. The summed E-state index contributed by atoms with van der Waals surface area (Å²) in [4.78, 5) is 10.9. The van der Waals surface area contributed by atoms with Crippen molar-refractivity contribution in [2.75, 3.05) is 13.7 Å². The summed E-state index contributed by atoms with van der Waals surface area (Å²) in [6.45, 7) is 3.26. The lowest BCUT2D eigenvalue weighted by Crippen LogP contribution is -2.28. The van der Waals surface area contributed by atoms with E-state index in [2.05, 4.69) is 0 Å². The van der Waals surface area contributed by atoms with E-state index < -0.39 is 5.60 Å². The van der Waals surface area contributed by atoms with Crippen LogP contribution in [0.25, 0.3) is 0 Å². The van der Waals surface area contributed by atoms with Gasteiger partial charge in [0.25, 0.3) is 0 Å². The minimum Gasteiger partial charge on any atom is -0.493 e. The Hall–Kier alpha value is -1.26. The SMILES string of the molecule is COc1cc(Cl)cc(C=O)c1OCC(C)(C)O. The van der Waals surface area contributed by atoms with Crippen LogP contribution in [0.4, 0.5) is 0 Å². The maximum absolute atomic E-state index is 10.9. The van der Waals surface area contributed by atoms with E-state index in [9.17, 15) is 9.90 Å². The van der Waals surface area contributed by atoms with Crippen molar-refractivity contribution in [3.05, 3.63) is 22.7 Å². The molecule has 0 fully saturated rings. The van der Waals surface area contributed by atoms with Crippen LogP contribution in [-0.4, -0.2) is 30.7 Å². The molecule has 0 aliphatic carbocycles. The lowest BCUT2D eigenvalue weighted by atomic mass is 10.1. The molecule has 1 rings (SSSR count). The molecule has 1 aromatic carbocycles. The number of aliphatic hydroxyl groups is 1. The van der Waals surface area contributed by atoms with Crippen molar-refractivity contribution >= 4 is 17.9 Å². The van der Waals surface area contributed by atoms with Gasteiger partial charge in [-0.1, -0.05) is 11.6 Å². The highest BCUT2D eigenvalue weighted by atomic mass is 35.5. The summed E-state index contributed by atoms with van der Waals surface area (Å²) in [5, 5.41) is 9.97. The summed E-state index contributed by atoms with van der Waals surface area (Å²) in [5.74, 6) is 0.651. The number of benzene rings is 1. The van der Waals surface area contributed by atoms with Crippen molar-refractivity contribution in [1.29, 1.82) is 0 Å². The van der Waals surface area contributed by atoms with Crippen LogP contribution in [0.3, 0.4) is 0 Å². The third-order valence-electron chi connectivity index (χ3n) is 1.96. The van der Waals surface area contributed by atoms with Crippen LogP contribution in [0.1, 0.15) is 24.2 Å². The topological polar surface area (TPSA) is 55.8 Å². The van der Waals surface area contributed by atoms with Crippen LogP contribution in [0, 0.1) is 0 Å². The van der Waals surface area contributed by atoms with Gasteiger partial charge in [-0.25, -0.2) is 0 Å². The molecule has 0 aromatic heterocycles. The van der Waals surface area contributed by atoms with Gasteiger partial charge in [0.2, 0.25) is 0 Å². The predicted molar refractivity (Wildman–Crippen MR) is 65.2 cm³/mol. The maximum Gasteiger partial charge on any atom is 0.171 e. The fourth-order valence-corrected chi connectivity index (χ4v) is 1.45. The van der Waals surface area contributed by atoms with Gasteiger partial charge in [-0.3, -0.25) is 4.79 Å². The molecular weight excluding hydrogens is 244 g/mol. The highest BCUT2D eigenvalue weighted by Crippen LogP contribution is 2.34. The highest BCUT2D eigenvalue weighted by molar-refractivity contribution is 6.31.